The smallest absolute Gasteiger partial charge is 0.338 e. The third-order valence-corrected chi connectivity index (χ3v) is 4.12. The standard InChI is InChI=1S/C11H11NO4S/c1-16-11(13)8-3-2-4-9-10(8)7(5-12)6-17(9,14)15/h2-4,6H,5,12H2,1H3. The molecule has 0 radical (unpaired) electrons. The third-order valence-electron chi connectivity index (χ3n) is 2.58. The molecular formula is C11H11NO4S. The maximum atomic E-state index is 11.8. The first kappa shape index (κ1) is 11.8. The summed E-state index contributed by atoms with van der Waals surface area (Å²) >= 11 is 0. The van der Waals surface area contributed by atoms with Crippen molar-refractivity contribution in [1.29, 1.82) is 0 Å². The molecule has 0 aromatic heterocycles. The minimum Gasteiger partial charge on any atom is -0.465 e. The monoisotopic (exact) mass is 253 g/mol. The first-order chi connectivity index (χ1) is 8.01. The van der Waals surface area contributed by atoms with Crippen molar-refractivity contribution in [2.45, 2.75) is 4.90 Å². The summed E-state index contributed by atoms with van der Waals surface area (Å²) in [5.41, 5.74) is 6.51. The zero-order valence-electron chi connectivity index (χ0n) is 9.14. The molecule has 0 unspecified atom stereocenters. The van der Waals surface area contributed by atoms with Crippen molar-refractivity contribution in [3.8, 4) is 0 Å². The zero-order valence-corrected chi connectivity index (χ0v) is 9.95. The van der Waals surface area contributed by atoms with Gasteiger partial charge in [-0.1, -0.05) is 6.07 Å². The summed E-state index contributed by atoms with van der Waals surface area (Å²) in [7, 11) is -2.23. The van der Waals surface area contributed by atoms with Crippen LogP contribution in [-0.2, 0) is 14.6 Å². The second-order valence-corrected chi connectivity index (χ2v) is 5.33. The van der Waals surface area contributed by atoms with Gasteiger partial charge in [0.15, 0.2) is 0 Å². The van der Waals surface area contributed by atoms with Gasteiger partial charge in [-0.3, -0.25) is 0 Å². The zero-order chi connectivity index (χ0) is 12.6. The lowest BCUT2D eigenvalue weighted by Gasteiger charge is -2.07. The summed E-state index contributed by atoms with van der Waals surface area (Å²) in [6, 6.07) is 4.49. The molecule has 0 saturated carbocycles. The van der Waals surface area contributed by atoms with Crippen LogP contribution in [0.3, 0.4) is 0 Å². The molecule has 6 heteroatoms. The molecule has 1 heterocycles. The number of ether oxygens (including phenoxy) is 1. The highest BCUT2D eigenvalue weighted by Crippen LogP contribution is 2.35. The van der Waals surface area contributed by atoms with Crippen LogP contribution in [0.4, 0.5) is 0 Å². The summed E-state index contributed by atoms with van der Waals surface area (Å²) in [6.45, 7) is 0.0558. The topological polar surface area (TPSA) is 86.5 Å². The lowest BCUT2D eigenvalue weighted by molar-refractivity contribution is 0.0600. The van der Waals surface area contributed by atoms with Gasteiger partial charge in [-0.25, -0.2) is 13.2 Å². The van der Waals surface area contributed by atoms with Crippen molar-refractivity contribution in [3.05, 3.63) is 34.7 Å². The van der Waals surface area contributed by atoms with Crippen LogP contribution >= 0.6 is 0 Å². The van der Waals surface area contributed by atoms with Crippen molar-refractivity contribution in [2.24, 2.45) is 5.73 Å². The number of carbonyl (C=O) groups is 1. The largest absolute Gasteiger partial charge is 0.465 e. The SMILES string of the molecule is COC(=O)c1cccc2c1C(CN)=CS2(=O)=O. The number of rotatable bonds is 2. The summed E-state index contributed by atoms with van der Waals surface area (Å²) in [5.74, 6) is -0.571. The fourth-order valence-corrected chi connectivity index (χ4v) is 3.35. The first-order valence-electron chi connectivity index (χ1n) is 4.88. The molecule has 0 bridgehead atoms. The normalized spacial score (nSPS) is 16.2. The molecule has 1 aliphatic rings. The van der Waals surface area contributed by atoms with Gasteiger partial charge < -0.3 is 10.5 Å². The predicted molar refractivity (Wildman–Crippen MR) is 62.0 cm³/mol. The van der Waals surface area contributed by atoms with Gasteiger partial charge in [-0.15, -0.1) is 0 Å². The van der Waals surface area contributed by atoms with Crippen LogP contribution in [-0.4, -0.2) is 28.0 Å². The van der Waals surface area contributed by atoms with E-state index in [0.717, 1.165) is 5.41 Å². The van der Waals surface area contributed by atoms with E-state index < -0.39 is 15.8 Å². The van der Waals surface area contributed by atoms with Crippen LogP contribution in [0.15, 0.2) is 28.5 Å². The Bertz CT molecular complexity index is 616. The number of esters is 1. The van der Waals surface area contributed by atoms with E-state index in [9.17, 15) is 13.2 Å². The van der Waals surface area contributed by atoms with E-state index in [1.807, 2.05) is 0 Å². The second-order valence-electron chi connectivity index (χ2n) is 3.56. The molecule has 0 spiro atoms. The highest BCUT2D eigenvalue weighted by atomic mass is 32.2. The molecule has 1 aliphatic heterocycles. The Balaban J connectivity index is 2.76. The Morgan fingerprint density at radius 1 is 1.41 bits per heavy atom. The van der Waals surface area contributed by atoms with Gasteiger partial charge in [0.25, 0.3) is 0 Å². The average molecular weight is 253 g/mol. The van der Waals surface area contributed by atoms with Crippen molar-refractivity contribution in [1.82, 2.24) is 0 Å². The van der Waals surface area contributed by atoms with E-state index in [0.29, 0.717) is 11.1 Å². The summed E-state index contributed by atoms with van der Waals surface area (Å²) in [6.07, 6.45) is 0. The number of fused-ring (bicyclic) bond motifs is 1. The number of hydrogen-bond donors (Lipinski definition) is 1. The van der Waals surface area contributed by atoms with Gasteiger partial charge in [0, 0.05) is 17.5 Å². The van der Waals surface area contributed by atoms with E-state index in [4.69, 9.17) is 5.73 Å². The van der Waals surface area contributed by atoms with Gasteiger partial charge in [0.2, 0.25) is 9.84 Å². The quantitative estimate of drug-likeness (QED) is 0.778. The molecular weight excluding hydrogens is 242 g/mol. The minimum atomic E-state index is -3.48. The van der Waals surface area contributed by atoms with Crippen LogP contribution in [0.2, 0.25) is 0 Å². The molecule has 1 aromatic carbocycles. The number of sulfone groups is 1. The summed E-state index contributed by atoms with van der Waals surface area (Å²) < 4.78 is 28.2. The highest BCUT2D eigenvalue weighted by molar-refractivity contribution is 7.95. The number of hydrogen-bond acceptors (Lipinski definition) is 5. The highest BCUT2D eigenvalue weighted by Gasteiger charge is 2.30. The Morgan fingerprint density at radius 3 is 2.71 bits per heavy atom. The van der Waals surface area contributed by atoms with Crippen LogP contribution in [0.1, 0.15) is 15.9 Å². The molecule has 2 rings (SSSR count). The molecule has 0 atom stereocenters. The van der Waals surface area contributed by atoms with Crippen molar-refractivity contribution in [2.75, 3.05) is 13.7 Å². The Morgan fingerprint density at radius 2 is 2.12 bits per heavy atom. The van der Waals surface area contributed by atoms with Crippen molar-refractivity contribution < 1.29 is 17.9 Å². The molecule has 90 valence electrons. The van der Waals surface area contributed by atoms with E-state index in [2.05, 4.69) is 4.74 Å². The Kier molecular flexibility index (Phi) is 2.76. The number of methoxy groups -OCH3 is 1. The molecule has 0 amide bonds. The fraction of sp³-hybridized carbons (Fsp3) is 0.182. The predicted octanol–water partition coefficient (Wildman–Crippen LogP) is 0.560. The maximum Gasteiger partial charge on any atom is 0.338 e. The molecule has 1 aromatic rings. The summed E-state index contributed by atoms with van der Waals surface area (Å²) in [4.78, 5) is 11.7. The first-order valence-corrected chi connectivity index (χ1v) is 6.43. The Labute approximate surface area is 98.8 Å². The van der Waals surface area contributed by atoms with Gasteiger partial charge in [-0.05, 0) is 17.7 Å². The number of carbonyl (C=O) groups excluding carboxylic acids is 1. The second kappa shape index (κ2) is 3.97. The Hall–Kier alpha value is -1.66. The molecule has 0 saturated heterocycles. The van der Waals surface area contributed by atoms with Crippen LogP contribution in [0, 0.1) is 0 Å². The van der Waals surface area contributed by atoms with Crippen LogP contribution in [0.25, 0.3) is 5.57 Å². The maximum absolute atomic E-state index is 11.8. The molecule has 2 N–H and O–H groups in total. The lowest BCUT2D eigenvalue weighted by atomic mass is 10.0. The molecule has 5 nitrogen and oxygen atoms in total. The van der Waals surface area contributed by atoms with E-state index >= 15 is 0 Å². The van der Waals surface area contributed by atoms with Crippen molar-refractivity contribution in [3.63, 3.8) is 0 Å². The fourth-order valence-electron chi connectivity index (χ4n) is 1.84. The number of benzene rings is 1. The lowest BCUT2D eigenvalue weighted by Crippen LogP contribution is -2.09. The van der Waals surface area contributed by atoms with Gasteiger partial charge >= 0.3 is 5.97 Å². The number of nitrogens with two attached hydrogens (primary N) is 1. The van der Waals surface area contributed by atoms with Crippen LogP contribution in [0.5, 0.6) is 0 Å². The van der Waals surface area contributed by atoms with E-state index in [1.54, 1.807) is 0 Å². The molecule has 0 fully saturated rings. The minimum absolute atomic E-state index is 0.0558. The van der Waals surface area contributed by atoms with Gasteiger partial charge in [-0.2, -0.15) is 0 Å². The molecule has 17 heavy (non-hydrogen) atoms. The molecule has 0 aliphatic carbocycles. The van der Waals surface area contributed by atoms with Crippen molar-refractivity contribution >= 4 is 21.4 Å². The summed E-state index contributed by atoms with van der Waals surface area (Å²) in [5, 5.41) is 1.10. The third kappa shape index (κ3) is 1.75. The van der Waals surface area contributed by atoms with E-state index in [1.165, 1.54) is 25.3 Å². The average Bonchev–Trinajstić information content (AvgIpc) is 2.60. The van der Waals surface area contributed by atoms with Crippen LogP contribution < -0.4 is 5.73 Å². The van der Waals surface area contributed by atoms with E-state index in [-0.39, 0.29) is 17.0 Å². The van der Waals surface area contributed by atoms with Gasteiger partial charge in [0.1, 0.15) is 0 Å². The van der Waals surface area contributed by atoms with Gasteiger partial charge in [0.05, 0.1) is 17.6 Å².